The second-order valence-electron chi connectivity index (χ2n) is 17.5. The Hall–Kier alpha value is -7.71. The molecule has 8 aromatic rings. The summed E-state index contributed by atoms with van der Waals surface area (Å²) < 4.78 is 73.2. The zero-order chi connectivity index (χ0) is 61.3. The molecule has 2 aliphatic carbocycles. The zero-order valence-corrected chi connectivity index (χ0v) is 51.5. The van der Waals surface area contributed by atoms with Crippen molar-refractivity contribution in [2.24, 2.45) is 0 Å². The van der Waals surface area contributed by atoms with Gasteiger partial charge in [-0.25, -0.2) is 0 Å². The van der Waals surface area contributed by atoms with E-state index in [2.05, 4.69) is 26.6 Å². The number of aliphatic hydroxyl groups is 2. The van der Waals surface area contributed by atoms with E-state index < -0.39 is 0 Å². The normalized spacial score (nSPS) is 13.8. The van der Waals surface area contributed by atoms with Gasteiger partial charge in [0.15, 0.2) is 0 Å². The van der Waals surface area contributed by atoms with Crippen molar-refractivity contribution in [3.8, 4) is 46.0 Å². The van der Waals surface area contributed by atoms with Crippen molar-refractivity contribution in [3.05, 3.63) is 325 Å². The second-order valence-corrected chi connectivity index (χ2v) is 17.5. The predicted molar refractivity (Wildman–Crippen MR) is 309 cm³/mol. The molecule has 10 rings (SSSR count). The first-order chi connectivity index (χ1) is 41.1. The summed E-state index contributed by atoms with van der Waals surface area (Å²) in [6.45, 7) is 18.0. The van der Waals surface area contributed by atoms with Crippen molar-refractivity contribution in [1.29, 1.82) is 0 Å². The fourth-order valence-corrected chi connectivity index (χ4v) is 9.56. The topological polar surface area (TPSA) is 194 Å². The first kappa shape index (κ1) is 72.5. The molecule has 0 unspecified atom stereocenters. The molecular formula is C70H58O14Ru2. The van der Waals surface area contributed by atoms with E-state index in [-0.39, 0.29) is 51.2 Å². The third-order valence-corrected chi connectivity index (χ3v) is 13.5. The van der Waals surface area contributed by atoms with Gasteiger partial charge in [-0.2, -0.15) is 0 Å². The van der Waals surface area contributed by atoms with Gasteiger partial charge in [-0.1, -0.05) is 97.1 Å². The molecule has 0 amide bonds. The maximum atomic E-state index is 12.0. The minimum absolute atomic E-state index is 0. The third-order valence-electron chi connectivity index (χ3n) is 13.5. The van der Waals surface area contributed by atoms with Crippen molar-refractivity contribution in [2.75, 3.05) is 56.9 Å². The van der Waals surface area contributed by atoms with Crippen LogP contribution in [0.3, 0.4) is 0 Å². The molecular weight excluding hydrogens is 1270 g/mol. The van der Waals surface area contributed by atoms with Crippen LogP contribution < -0.4 is 37.9 Å². The summed E-state index contributed by atoms with van der Waals surface area (Å²) in [6, 6.07) is 62.6. The van der Waals surface area contributed by atoms with Crippen molar-refractivity contribution in [1.82, 2.24) is 0 Å². The molecule has 0 spiro atoms. The Morgan fingerprint density at radius 1 is 0.198 bits per heavy atom. The van der Waals surface area contributed by atoms with Crippen molar-refractivity contribution in [3.63, 3.8) is 0 Å². The number of methoxy groups -OCH3 is 8. The quantitative estimate of drug-likeness (QED) is 0.0534. The van der Waals surface area contributed by atoms with E-state index in [9.17, 15) is 10.2 Å². The summed E-state index contributed by atoms with van der Waals surface area (Å²) in [5, 5.41) is 23.9. The van der Waals surface area contributed by atoms with Crippen molar-refractivity contribution < 1.29 is 106 Å². The molecule has 14 nitrogen and oxygen atoms in total. The fraction of sp³-hybridized carbons (Fsp3) is 0.114. The molecule has 0 atom stereocenters. The van der Waals surface area contributed by atoms with E-state index in [1.165, 1.54) is 0 Å². The molecule has 10 radical (unpaired) electrons. The van der Waals surface area contributed by atoms with Crippen LogP contribution in [0, 0.1) is 86.2 Å². The van der Waals surface area contributed by atoms with E-state index in [4.69, 9.17) is 56.5 Å². The Bertz CT molecular complexity index is 2830. The largest absolute Gasteiger partial charge is 0 e. The van der Waals surface area contributed by atoms with E-state index in [0.717, 1.165) is 138 Å². The number of ether oxygens (including phenoxy) is 8. The molecule has 0 bridgehead atoms. The molecule has 86 heavy (non-hydrogen) atoms. The van der Waals surface area contributed by atoms with Gasteiger partial charge in [0.25, 0.3) is 0 Å². The first-order valence-electron chi connectivity index (χ1n) is 25.2. The number of aliphatic hydroxyl groups excluding tert-OH is 2. The number of rotatable bonds is 16. The number of hydrogen-bond donors (Lipinski definition) is 2. The van der Waals surface area contributed by atoms with Gasteiger partial charge in [0.05, 0.1) is 80.6 Å². The fourth-order valence-electron chi connectivity index (χ4n) is 9.56. The van der Waals surface area contributed by atoms with Gasteiger partial charge in [0, 0.05) is 62.6 Å². The minimum Gasteiger partial charge on any atom is 0 e. The second kappa shape index (κ2) is 37.0. The summed E-state index contributed by atoms with van der Waals surface area (Å²) >= 11 is 0. The molecule has 2 N–H and O–H groups in total. The van der Waals surface area contributed by atoms with Crippen molar-refractivity contribution >= 4 is 0 Å². The van der Waals surface area contributed by atoms with Crippen LogP contribution in [0.1, 0.15) is 44.5 Å². The number of benzene rings is 8. The van der Waals surface area contributed by atoms with E-state index in [0.29, 0.717) is 0 Å². The average molecular weight is 1330 g/mol. The van der Waals surface area contributed by atoms with Crippen LogP contribution in [-0.2, 0) is 57.6 Å². The van der Waals surface area contributed by atoms with E-state index >= 15 is 0 Å². The van der Waals surface area contributed by atoms with Crippen LogP contribution in [0.25, 0.3) is 0 Å². The Morgan fingerprint density at radius 2 is 0.291 bits per heavy atom. The van der Waals surface area contributed by atoms with Gasteiger partial charge in [0.1, 0.15) is 58.2 Å². The summed E-state index contributed by atoms with van der Waals surface area (Å²) in [7, 11) is 13.2. The van der Waals surface area contributed by atoms with Crippen LogP contribution in [0.4, 0.5) is 0 Å². The molecule has 2 saturated carbocycles. The van der Waals surface area contributed by atoms with Crippen LogP contribution in [0.5, 0.6) is 46.0 Å². The first-order valence-corrected chi connectivity index (χ1v) is 25.2. The van der Waals surface area contributed by atoms with Gasteiger partial charge in [0.2, 0.25) is 0 Å². The molecule has 438 valence electrons. The van der Waals surface area contributed by atoms with Gasteiger partial charge in [-0.05, 0) is 142 Å². The van der Waals surface area contributed by atoms with E-state index in [1.54, 1.807) is 56.9 Å². The molecule has 0 aliphatic heterocycles. The van der Waals surface area contributed by atoms with Crippen molar-refractivity contribution in [2.45, 2.75) is 0 Å². The molecule has 2 aliphatic rings. The summed E-state index contributed by atoms with van der Waals surface area (Å²) in [5.74, 6) is 12.7. The van der Waals surface area contributed by atoms with Crippen LogP contribution in [0.2, 0.25) is 0 Å². The van der Waals surface area contributed by atoms with Gasteiger partial charge >= 0.3 is 45.2 Å². The van der Waals surface area contributed by atoms with Crippen LogP contribution >= 0.6 is 0 Å². The Morgan fingerprint density at radius 3 is 0.384 bits per heavy atom. The summed E-state index contributed by atoms with van der Waals surface area (Å²) in [5.41, 5.74) is 7.34. The third kappa shape index (κ3) is 16.8. The SMILES string of the molecule is COc1ccc([C]2[C](O)[C](c3ccc(OC)cc3)[C](c3ccc(OC)cc3)[C]2c2ccc(OC)cc2)cc1.COc1ccc([C]2[C](O)[C](c3ccc(OC)cc3)[C](c3ccc(OC)cc3)[C]2c2ccc(OC)cc2)cc1.[C-]#[O+].[C-]#[O+].[C-]#[O+].[C-]#[O+].[Ru].[Ru]. The Kier molecular flexibility index (Phi) is 31.2. The van der Waals surface area contributed by atoms with Crippen LogP contribution in [-0.4, -0.2) is 67.1 Å². The molecule has 16 heteroatoms. The molecule has 0 saturated heterocycles. The summed E-state index contributed by atoms with van der Waals surface area (Å²) in [4.78, 5) is 0. The monoisotopic (exact) mass is 1330 g/mol. The minimum atomic E-state index is 0. The Labute approximate surface area is 530 Å². The maximum absolute atomic E-state index is 12.0. The standard InChI is InChI=1S/2C33H29O5.4CO.2Ru/c2*1-35-25-13-5-21(6-14-25)29-30(22-7-15-26(36-2)16-8-22)32(24-11-19-28(38-4)20-12-24)33(34)31(29)23-9-17-27(37-3)18-10-23;4*1-2;;/h2*5-20,34H,1-4H3;;;;;;. The maximum Gasteiger partial charge on any atom is 0 e. The molecule has 8 aromatic carbocycles. The summed E-state index contributed by atoms with van der Waals surface area (Å²) in [6.07, 6.45) is 0.411. The number of hydrogen-bond acceptors (Lipinski definition) is 10. The predicted octanol–water partition coefficient (Wildman–Crippen LogP) is 12.7. The zero-order valence-electron chi connectivity index (χ0n) is 48.0. The van der Waals surface area contributed by atoms with Gasteiger partial charge in [-0.15, -0.1) is 0 Å². The molecule has 2 fully saturated rings. The average Bonchev–Trinajstić information content (AvgIpc) is 2.01. The van der Waals surface area contributed by atoms with Gasteiger partial charge < -0.3 is 48.1 Å². The molecule has 0 aromatic heterocycles. The Balaban J connectivity index is 0.000000395. The van der Waals surface area contributed by atoms with Crippen LogP contribution in [0.15, 0.2) is 194 Å². The molecule has 0 heterocycles. The van der Waals surface area contributed by atoms with Gasteiger partial charge in [-0.3, -0.25) is 0 Å². The van der Waals surface area contributed by atoms with E-state index in [1.807, 2.05) is 194 Å². The smallest absolute Gasteiger partial charge is 0 e.